The van der Waals surface area contributed by atoms with Gasteiger partial charge in [-0.25, -0.2) is 8.42 Å². The first-order valence-corrected chi connectivity index (χ1v) is 10.1. The molecule has 2 heterocycles. The Balaban J connectivity index is 1.80. The van der Waals surface area contributed by atoms with Gasteiger partial charge in [-0.05, 0) is 31.2 Å². The van der Waals surface area contributed by atoms with Crippen LogP contribution in [-0.2, 0) is 9.84 Å². The van der Waals surface area contributed by atoms with Crippen LogP contribution in [0.4, 0.5) is 5.13 Å². The molecule has 1 N–H and O–H groups in total. The first kappa shape index (κ1) is 18.3. The number of nitrogens with zero attached hydrogens (tertiary/aromatic N) is 2. The van der Waals surface area contributed by atoms with E-state index in [-0.39, 0.29) is 21.7 Å². The molecule has 2 aromatic heterocycles. The van der Waals surface area contributed by atoms with E-state index in [2.05, 4.69) is 15.5 Å². The topological polar surface area (TPSA) is 102 Å². The third-order valence-corrected chi connectivity index (χ3v) is 6.34. The number of aromatic nitrogens is 2. The molecule has 9 heteroatoms. The number of furan rings is 1. The van der Waals surface area contributed by atoms with Crippen LogP contribution < -0.4 is 5.32 Å². The van der Waals surface area contributed by atoms with Gasteiger partial charge in [0.25, 0.3) is 5.91 Å². The van der Waals surface area contributed by atoms with Crippen LogP contribution in [0.25, 0.3) is 0 Å². The molecule has 0 unspecified atom stereocenters. The van der Waals surface area contributed by atoms with Crippen molar-refractivity contribution in [3.8, 4) is 0 Å². The Labute approximate surface area is 155 Å². The second-order valence-electron chi connectivity index (χ2n) is 5.99. The summed E-state index contributed by atoms with van der Waals surface area (Å²) in [7, 11) is -3.82. The Morgan fingerprint density at radius 1 is 1.12 bits per heavy atom. The summed E-state index contributed by atoms with van der Waals surface area (Å²) in [4.78, 5) is 12.4. The SMILES string of the molecule is Cc1ccc(S(=O)(=O)c2ccc(C(=O)Nc3nnc(C(C)C)s3)o2)cc1. The molecule has 0 saturated heterocycles. The van der Waals surface area contributed by atoms with Crippen molar-refractivity contribution >= 4 is 32.2 Å². The molecule has 0 aliphatic heterocycles. The number of rotatable bonds is 5. The van der Waals surface area contributed by atoms with Gasteiger partial charge >= 0.3 is 0 Å². The van der Waals surface area contributed by atoms with E-state index in [0.717, 1.165) is 10.6 Å². The lowest BCUT2D eigenvalue weighted by Crippen LogP contribution is -2.10. The highest BCUT2D eigenvalue weighted by Crippen LogP contribution is 2.25. The molecule has 0 bridgehead atoms. The van der Waals surface area contributed by atoms with Crippen molar-refractivity contribution in [2.45, 2.75) is 36.7 Å². The number of hydrogen-bond donors (Lipinski definition) is 1. The second kappa shape index (κ2) is 7.00. The van der Waals surface area contributed by atoms with E-state index >= 15 is 0 Å². The zero-order valence-corrected chi connectivity index (χ0v) is 16.0. The highest BCUT2D eigenvalue weighted by molar-refractivity contribution is 7.91. The van der Waals surface area contributed by atoms with Gasteiger partial charge in [0.15, 0.2) is 5.76 Å². The van der Waals surface area contributed by atoms with E-state index in [4.69, 9.17) is 4.42 Å². The minimum atomic E-state index is -3.82. The van der Waals surface area contributed by atoms with E-state index in [0.29, 0.717) is 5.13 Å². The van der Waals surface area contributed by atoms with E-state index in [1.807, 2.05) is 20.8 Å². The summed E-state index contributed by atoms with van der Waals surface area (Å²) >= 11 is 1.26. The molecular weight excluding hydrogens is 374 g/mol. The number of benzene rings is 1. The molecule has 0 atom stereocenters. The van der Waals surface area contributed by atoms with E-state index < -0.39 is 15.7 Å². The number of amides is 1. The van der Waals surface area contributed by atoms with Gasteiger partial charge in [0.05, 0.1) is 4.90 Å². The number of carbonyl (C=O) groups is 1. The van der Waals surface area contributed by atoms with Crippen molar-refractivity contribution in [3.63, 3.8) is 0 Å². The molecule has 26 heavy (non-hydrogen) atoms. The maximum absolute atomic E-state index is 12.6. The molecule has 136 valence electrons. The standard InChI is InChI=1S/C17H17N3O4S2/c1-10(2)16-19-20-17(25-16)18-15(21)13-8-9-14(24-13)26(22,23)12-6-4-11(3)5-7-12/h4-10H,1-3H3,(H,18,20,21). The van der Waals surface area contributed by atoms with Crippen molar-refractivity contribution < 1.29 is 17.6 Å². The summed E-state index contributed by atoms with van der Waals surface area (Å²) < 4.78 is 30.4. The van der Waals surface area contributed by atoms with E-state index in [9.17, 15) is 13.2 Å². The van der Waals surface area contributed by atoms with Gasteiger partial charge in [-0.1, -0.05) is 42.9 Å². The average molecular weight is 391 g/mol. The summed E-state index contributed by atoms with van der Waals surface area (Å²) in [6.07, 6.45) is 0. The van der Waals surface area contributed by atoms with Crippen molar-refractivity contribution in [1.29, 1.82) is 0 Å². The molecule has 1 aromatic carbocycles. The van der Waals surface area contributed by atoms with Gasteiger partial charge in [-0.3, -0.25) is 10.1 Å². The molecular formula is C17H17N3O4S2. The fourth-order valence-corrected chi connectivity index (χ4v) is 4.01. The van der Waals surface area contributed by atoms with Crippen LogP contribution in [0.1, 0.15) is 40.9 Å². The van der Waals surface area contributed by atoms with E-state index in [1.165, 1.54) is 35.6 Å². The number of carbonyl (C=O) groups excluding carboxylic acids is 1. The Morgan fingerprint density at radius 2 is 1.81 bits per heavy atom. The van der Waals surface area contributed by atoms with Gasteiger partial charge in [0.1, 0.15) is 5.01 Å². The first-order chi connectivity index (χ1) is 12.3. The molecule has 0 saturated carbocycles. The van der Waals surface area contributed by atoms with Gasteiger partial charge < -0.3 is 4.42 Å². The van der Waals surface area contributed by atoms with Crippen molar-refractivity contribution in [3.05, 3.63) is 52.7 Å². The maximum atomic E-state index is 12.6. The first-order valence-electron chi connectivity index (χ1n) is 7.83. The van der Waals surface area contributed by atoms with Crippen molar-refractivity contribution in [1.82, 2.24) is 10.2 Å². The van der Waals surface area contributed by atoms with Crippen LogP contribution in [0.3, 0.4) is 0 Å². The Hall–Kier alpha value is -2.52. The fraction of sp³-hybridized carbons (Fsp3) is 0.235. The average Bonchev–Trinajstić information content (AvgIpc) is 3.25. The summed E-state index contributed by atoms with van der Waals surface area (Å²) in [5.74, 6) is -0.494. The van der Waals surface area contributed by atoms with Crippen LogP contribution in [0.15, 0.2) is 50.8 Å². The van der Waals surface area contributed by atoms with Gasteiger partial charge in [0.2, 0.25) is 20.1 Å². The van der Waals surface area contributed by atoms with Crippen LogP contribution in [0.5, 0.6) is 0 Å². The summed E-state index contributed by atoms with van der Waals surface area (Å²) in [5.41, 5.74) is 0.946. The van der Waals surface area contributed by atoms with Crippen LogP contribution in [-0.4, -0.2) is 24.5 Å². The number of nitrogens with one attached hydrogen (secondary N) is 1. The summed E-state index contributed by atoms with van der Waals surface area (Å²) in [6.45, 7) is 5.81. The lowest BCUT2D eigenvalue weighted by atomic mass is 10.2. The predicted molar refractivity (Wildman–Crippen MR) is 97.3 cm³/mol. The third-order valence-electron chi connectivity index (χ3n) is 3.56. The Morgan fingerprint density at radius 3 is 2.42 bits per heavy atom. The highest BCUT2D eigenvalue weighted by Gasteiger charge is 2.24. The quantitative estimate of drug-likeness (QED) is 0.712. The lowest BCUT2D eigenvalue weighted by Gasteiger charge is -2.02. The molecule has 0 fully saturated rings. The molecule has 0 aliphatic rings. The molecule has 3 aromatic rings. The normalized spacial score (nSPS) is 11.7. The van der Waals surface area contributed by atoms with Crippen molar-refractivity contribution in [2.75, 3.05) is 5.32 Å². The lowest BCUT2D eigenvalue weighted by molar-refractivity contribution is 0.0991. The molecule has 0 radical (unpaired) electrons. The molecule has 3 rings (SSSR count). The number of sulfone groups is 1. The van der Waals surface area contributed by atoms with E-state index in [1.54, 1.807) is 12.1 Å². The van der Waals surface area contributed by atoms with Crippen molar-refractivity contribution in [2.24, 2.45) is 0 Å². The number of anilines is 1. The largest absolute Gasteiger partial charge is 0.439 e. The van der Waals surface area contributed by atoms with Crippen LogP contribution >= 0.6 is 11.3 Å². The third kappa shape index (κ3) is 3.68. The monoisotopic (exact) mass is 391 g/mol. The minimum absolute atomic E-state index is 0.107. The highest BCUT2D eigenvalue weighted by atomic mass is 32.2. The summed E-state index contributed by atoms with van der Waals surface area (Å²) in [5, 5.41) is 11.3. The zero-order chi connectivity index (χ0) is 18.9. The zero-order valence-electron chi connectivity index (χ0n) is 14.4. The Bertz CT molecular complexity index is 1030. The number of aryl methyl sites for hydroxylation is 1. The predicted octanol–water partition coefficient (Wildman–Crippen LogP) is 3.65. The fourth-order valence-electron chi connectivity index (χ4n) is 2.10. The molecule has 0 spiro atoms. The minimum Gasteiger partial charge on any atom is -0.439 e. The second-order valence-corrected chi connectivity index (χ2v) is 8.88. The summed E-state index contributed by atoms with van der Waals surface area (Å²) in [6, 6.07) is 8.99. The number of hydrogen-bond acceptors (Lipinski definition) is 7. The van der Waals surface area contributed by atoms with Gasteiger partial charge in [0, 0.05) is 5.92 Å². The van der Waals surface area contributed by atoms with Gasteiger partial charge in [-0.2, -0.15) is 0 Å². The van der Waals surface area contributed by atoms with Crippen LogP contribution in [0, 0.1) is 6.92 Å². The Kier molecular flexibility index (Phi) is 4.92. The van der Waals surface area contributed by atoms with Gasteiger partial charge in [-0.15, -0.1) is 10.2 Å². The molecule has 7 nitrogen and oxygen atoms in total. The van der Waals surface area contributed by atoms with Crippen LogP contribution in [0.2, 0.25) is 0 Å². The smallest absolute Gasteiger partial charge is 0.293 e. The maximum Gasteiger partial charge on any atom is 0.293 e. The molecule has 1 amide bonds. The molecule has 0 aliphatic carbocycles.